The van der Waals surface area contributed by atoms with E-state index in [9.17, 15) is 8.42 Å². The van der Waals surface area contributed by atoms with Crippen LogP contribution in [0.15, 0.2) is 0 Å². The van der Waals surface area contributed by atoms with Crippen LogP contribution in [0.2, 0.25) is 0 Å². The molecule has 2 aliphatic rings. The third-order valence-electron chi connectivity index (χ3n) is 4.78. The second-order valence-electron chi connectivity index (χ2n) is 5.88. The second-order valence-corrected chi connectivity index (χ2v) is 8.35. The SMILES string of the molecule is CCS(=O)(=O)CCCC(N)C1CC2CCC1C2. The largest absolute Gasteiger partial charge is 0.327 e. The Balaban J connectivity index is 1.73. The molecule has 4 heteroatoms. The molecule has 0 aromatic heterocycles. The fourth-order valence-electron chi connectivity index (χ4n) is 3.72. The van der Waals surface area contributed by atoms with Gasteiger partial charge in [-0.3, -0.25) is 0 Å². The Hall–Kier alpha value is -0.0900. The number of hydrogen-bond acceptors (Lipinski definition) is 3. The van der Waals surface area contributed by atoms with Crippen molar-refractivity contribution >= 4 is 9.84 Å². The highest BCUT2D eigenvalue weighted by atomic mass is 32.2. The summed E-state index contributed by atoms with van der Waals surface area (Å²) in [5.74, 6) is 3.03. The van der Waals surface area contributed by atoms with Crippen molar-refractivity contribution in [2.45, 2.75) is 51.5 Å². The Morgan fingerprint density at radius 3 is 2.59 bits per heavy atom. The van der Waals surface area contributed by atoms with Crippen molar-refractivity contribution in [1.29, 1.82) is 0 Å². The van der Waals surface area contributed by atoms with Crippen molar-refractivity contribution in [3.63, 3.8) is 0 Å². The van der Waals surface area contributed by atoms with Gasteiger partial charge in [0.25, 0.3) is 0 Å². The second kappa shape index (κ2) is 5.27. The Kier molecular flexibility index (Phi) is 4.14. The lowest BCUT2D eigenvalue weighted by Gasteiger charge is -2.27. The van der Waals surface area contributed by atoms with Crippen molar-refractivity contribution in [2.75, 3.05) is 11.5 Å². The van der Waals surface area contributed by atoms with E-state index in [1.807, 2.05) is 0 Å². The van der Waals surface area contributed by atoms with Crippen LogP contribution in [0.5, 0.6) is 0 Å². The first-order chi connectivity index (χ1) is 8.02. The lowest BCUT2D eigenvalue weighted by molar-refractivity contribution is 0.272. The zero-order chi connectivity index (χ0) is 12.5. The molecular formula is C13H25NO2S. The summed E-state index contributed by atoms with van der Waals surface area (Å²) in [6.45, 7) is 1.71. The average molecular weight is 259 g/mol. The zero-order valence-corrected chi connectivity index (χ0v) is 11.6. The molecule has 2 N–H and O–H groups in total. The van der Waals surface area contributed by atoms with Gasteiger partial charge in [0, 0.05) is 11.8 Å². The van der Waals surface area contributed by atoms with Gasteiger partial charge in [-0.25, -0.2) is 8.42 Å². The topological polar surface area (TPSA) is 60.2 Å². The van der Waals surface area contributed by atoms with Crippen molar-refractivity contribution in [3.8, 4) is 0 Å². The molecule has 2 rings (SSSR count). The standard InChI is InChI=1S/C13H25NO2S/c1-2-17(15,16)7-3-4-13(14)12-9-10-5-6-11(12)8-10/h10-13H,2-9,14H2,1H3. The lowest BCUT2D eigenvalue weighted by atomic mass is 9.82. The molecule has 3 nitrogen and oxygen atoms in total. The number of sulfone groups is 1. The summed E-state index contributed by atoms with van der Waals surface area (Å²) in [4.78, 5) is 0. The maximum atomic E-state index is 11.4. The van der Waals surface area contributed by atoms with Crippen LogP contribution in [-0.2, 0) is 9.84 Å². The molecule has 0 amide bonds. The molecule has 0 spiro atoms. The first-order valence-electron chi connectivity index (χ1n) is 6.98. The van der Waals surface area contributed by atoms with Gasteiger partial charge in [-0.05, 0) is 49.9 Å². The van der Waals surface area contributed by atoms with Gasteiger partial charge in [-0.1, -0.05) is 13.3 Å². The predicted octanol–water partition coefficient (Wildman–Crippen LogP) is 1.96. The average Bonchev–Trinajstić information content (AvgIpc) is 2.90. The molecule has 4 atom stereocenters. The summed E-state index contributed by atoms with van der Waals surface area (Å²) in [5.41, 5.74) is 6.24. The molecule has 0 heterocycles. The first kappa shape index (κ1) is 13.3. The molecule has 17 heavy (non-hydrogen) atoms. The normalized spacial score (nSPS) is 34.1. The molecule has 2 fully saturated rings. The summed E-state index contributed by atoms with van der Waals surface area (Å²) in [7, 11) is -2.80. The Labute approximate surface area is 105 Å². The number of nitrogens with two attached hydrogens (primary N) is 1. The maximum absolute atomic E-state index is 11.4. The van der Waals surface area contributed by atoms with Crippen LogP contribution >= 0.6 is 0 Å². The van der Waals surface area contributed by atoms with E-state index in [0.717, 1.165) is 24.7 Å². The Morgan fingerprint density at radius 2 is 2.06 bits per heavy atom. The van der Waals surface area contributed by atoms with E-state index < -0.39 is 9.84 Å². The molecule has 0 radical (unpaired) electrons. The van der Waals surface area contributed by atoms with E-state index in [2.05, 4.69) is 0 Å². The van der Waals surface area contributed by atoms with Gasteiger partial charge in [0.05, 0.1) is 5.75 Å². The van der Waals surface area contributed by atoms with E-state index >= 15 is 0 Å². The van der Waals surface area contributed by atoms with E-state index in [-0.39, 0.29) is 11.8 Å². The van der Waals surface area contributed by atoms with Crippen molar-refractivity contribution in [3.05, 3.63) is 0 Å². The smallest absolute Gasteiger partial charge is 0.150 e. The summed E-state index contributed by atoms with van der Waals surface area (Å²) < 4.78 is 22.8. The van der Waals surface area contributed by atoms with Gasteiger partial charge < -0.3 is 5.73 Å². The zero-order valence-electron chi connectivity index (χ0n) is 10.8. The highest BCUT2D eigenvalue weighted by Crippen LogP contribution is 2.49. The van der Waals surface area contributed by atoms with E-state index in [0.29, 0.717) is 11.7 Å². The number of hydrogen-bond donors (Lipinski definition) is 1. The molecule has 2 saturated carbocycles. The predicted molar refractivity (Wildman–Crippen MR) is 70.5 cm³/mol. The minimum absolute atomic E-state index is 0.234. The van der Waals surface area contributed by atoms with Crippen LogP contribution in [-0.4, -0.2) is 26.0 Å². The van der Waals surface area contributed by atoms with Gasteiger partial charge >= 0.3 is 0 Å². The summed E-state index contributed by atoms with van der Waals surface area (Å²) in [5, 5.41) is 0. The Morgan fingerprint density at radius 1 is 1.29 bits per heavy atom. The Bertz CT molecular complexity index is 352. The monoisotopic (exact) mass is 259 g/mol. The minimum atomic E-state index is -2.80. The third kappa shape index (κ3) is 3.22. The van der Waals surface area contributed by atoms with Crippen LogP contribution in [0.25, 0.3) is 0 Å². The molecule has 4 unspecified atom stereocenters. The van der Waals surface area contributed by atoms with Gasteiger partial charge in [0.2, 0.25) is 0 Å². The highest BCUT2D eigenvalue weighted by molar-refractivity contribution is 7.91. The third-order valence-corrected chi connectivity index (χ3v) is 6.57. The van der Waals surface area contributed by atoms with Crippen molar-refractivity contribution < 1.29 is 8.42 Å². The molecule has 0 aliphatic heterocycles. The lowest BCUT2D eigenvalue weighted by Crippen LogP contribution is -2.34. The van der Waals surface area contributed by atoms with Crippen LogP contribution in [0.4, 0.5) is 0 Å². The molecule has 0 aromatic rings. The molecule has 2 bridgehead atoms. The van der Waals surface area contributed by atoms with Crippen LogP contribution in [0, 0.1) is 17.8 Å². The number of rotatable bonds is 6. The van der Waals surface area contributed by atoms with E-state index in [1.54, 1.807) is 6.92 Å². The molecule has 100 valence electrons. The van der Waals surface area contributed by atoms with Crippen LogP contribution in [0.3, 0.4) is 0 Å². The first-order valence-corrected chi connectivity index (χ1v) is 8.80. The quantitative estimate of drug-likeness (QED) is 0.793. The fourth-order valence-corrected chi connectivity index (χ4v) is 4.61. The van der Waals surface area contributed by atoms with Crippen molar-refractivity contribution in [1.82, 2.24) is 0 Å². The number of fused-ring (bicyclic) bond motifs is 2. The van der Waals surface area contributed by atoms with E-state index in [1.165, 1.54) is 25.7 Å². The van der Waals surface area contributed by atoms with Gasteiger partial charge in [-0.15, -0.1) is 0 Å². The fraction of sp³-hybridized carbons (Fsp3) is 1.00. The van der Waals surface area contributed by atoms with E-state index in [4.69, 9.17) is 5.73 Å². The summed E-state index contributed by atoms with van der Waals surface area (Å²) in [6.07, 6.45) is 7.06. The summed E-state index contributed by atoms with van der Waals surface area (Å²) in [6, 6.07) is 0.234. The summed E-state index contributed by atoms with van der Waals surface area (Å²) >= 11 is 0. The highest BCUT2D eigenvalue weighted by Gasteiger charge is 2.41. The van der Waals surface area contributed by atoms with Crippen LogP contribution in [0.1, 0.15) is 45.4 Å². The maximum Gasteiger partial charge on any atom is 0.150 e. The molecule has 0 saturated heterocycles. The molecule has 2 aliphatic carbocycles. The van der Waals surface area contributed by atoms with Gasteiger partial charge in [0.15, 0.2) is 0 Å². The molecular weight excluding hydrogens is 234 g/mol. The van der Waals surface area contributed by atoms with Gasteiger partial charge in [-0.2, -0.15) is 0 Å². The van der Waals surface area contributed by atoms with Crippen molar-refractivity contribution in [2.24, 2.45) is 23.5 Å². The van der Waals surface area contributed by atoms with Gasteiger partial charge in [0.1, 0.15) is 9.84 Å². The van der Waals surface area contributed by atoms with Crippen LogP contribution < -0.4 is 5.73 Å². The minimum Gasteiger partial charge on any atom is -0.327 e. The molecule has 0 aromatic carbocycles.